The lowest BCUT2D eigenvalue weighted by atomic mass is 10.1. The highest BCUT2D eigenvalue weighted by Gasteiger charge is 2.11. The summed E-state index contributed by atoms with van der Waals surface area (Å²) in [7, 11) is 0. The Bertz CT molecular complexity index is 757. The SMILES string of the molecule is O=C(CSCc1cc(=O)[nH]c(=O)[nH]1)c1ccc(Cl)cc1Cl. The molecule has 0 spiro atoms. The molecule has 0 saturated carbocycles. The summed E-state index contributed by atoms with van der Waals surface area (Å²) < 4.78 is 0. The summed E-state index contributed by atoms with van der Waals surface area (Å²) in [6, 6.07) is 5.96. The highest BCUT2D eigenvalue weighted by atomic mass is 35.5. The van der Waals surface area contributed by atoms with E-state index < -0.39 is 11.2 Å². The number of carbonyl (C=O) groups is 1. The van der Waals surface area contributed by atoms with Crippen LogP contribution in [0, 0.1) is 0 Å². The molecule has 0 radical (unpaired) electrons. The van der Waals surface area contributed by atoms with Gasteiger partial charge in [-0.15, -0.1) is 11.8 Å². The lowest BCUT2D eigenvalue weighted by molar-refractivity contribution is 0.102. The van der Waals surface area contributed by atoms with Gasteiger partial charge in [0.2, 0.25) is 0 Å². The normalized spacial score (nSPS) is 10.6. The number of hydrogen-bond donors (Lipinski definition) is 2. The molecule has 2 N–H and O–H groups in total. The van der Waals surface area contributed by atoms with Gasteiger partial charge < -0.3 is 4.98 Å². The van der Waals surface area contributed by atoms with Crippen LogP contribution < -0.4 is 11.2 Å². The van der Waals surface area contributed by atoms with Crippen molar-refractivity contribution in [2.75, 3.05) is 5.75 Å². The van der Waals surface area contributed by atoms with Gasteiger partial charge in [-0.05, 0) is 18.2 Å². The lowest BCUT2D eigenvalue weighted by Crippen LogP contribution is -2.22. The van der Waals surface area contributed by atoms with E-state index in [0.717, 1.165) is 0 Å². The molecule has 2 aromatic rings. The second kappa shape index (κ2) is 6.98. The minimum absolute atomic E-state index is 0.145. The molecule has 110 valence electrons. The highest BCUT2D eigenvalue weighted by Crippen LogP contribution is 2.22. The van der Waals surface area contributed by atoms with Crippen molar-refractivity contribution in [1.29, 1.82) is 0 Å². The van der Waals surface area contributed by atoms with Crippen molar-refractivity contribution in [1.82, 2.24) is 9.97 Å². The maximum absolute atomic E-state index is 12.0. The van der Waals surface area contributed by atoms with Gasteiger partial charge in [0.15, 0.2) is 5.78 Å². The number of rotatable bonds is 5. The fraction of sp³-hybridized carbons (Fsp3) is 0.154. The van der Waals surface area contributed by atoms with Crippen LogP contribution in [0.25, 0.3) is 0 Å². The third kappa shape index (κ3) is 4.49. The average Bonchev–Trinajstić information content (AvgIpc) is 2.37. The number of carbonyl (C=O) groups excluding carboxylic acids is 1. The number of H-pyrrole nitrogens is 2. The number of aromatic amines is 2. The number of Topliss-reactive ketones (excluding diaryl/α,β-unsaturated/α-hetero) is 1. The zero-order chi connectivity index (χ0) is 15.4. The molecule has 0 fully saturated rings. The summed E-state index contributed by atoms with van der Waals surface area (Å²) in [5.41, 5.74) is -0.177. The summed E-state index contributed by atoms with van der Waals surface area (Å²) in [5.74, 6) is 0.376. The van der Waals surface area contributed by atoms with Gasteiger partial charge in [0.25, 0.3) is 5.56 Å². The fourth-order valence-electron chi connectivity index (χ4n) is 1.64. The van der Waals surface area contributed by atoms with Gasteiger partial charge in [-0.1, -0.05) is 23.2 Å². The van der Waals surface area contributed by atoms with Gasteiger partial charge in [-0.3, -0.25) is 14.6 Å². The molecule has 0 aliphatic heterocycles. The van der Waals surface area contributed by atoms with Crippen LogP contribution in [-0.2, 0) is 5.75 Å². The lowest BCUT2D eigenvalue weighted by Gasteiger charge is -2.04. The van der Waals surface area contributed by atoms with Gasteiger partial charge in [0, 0.05) is 28.1 Å². The van der Waals surface area contributed by atoms with Gasteiger partial charge in [0.1, 0.15) is 0 Å². The maximum Gasteiger partial charge on any atom is 0.325 e. The largest absolute Gasteiger partial charge is 0.325 e. The monoisotopic (exact) mass is 344 g/mol. The topological polar surface area (TPSA) is 82.8 Å². The highest BCUT2D eigenvalue weighted by molar-refractivity contribution is 7.99. The van der Waals surface area contributed by atoms with E-state index in [-0.39, 0.29) is 11.5 Å². The second-order valence-electron chi connectivity index (χ2n) is 4.15. The first-order valence-corrected chi connectivity index (χ1v) is 7.75. The van der Waals surface area contributed by atoms with Crippen LogP contribution in [0.1, 0.15) is 16.1 Å². The molecular weight excluding hydrogens is 335 g/mol. The molecule has 1 aromatic heterocycles. The fourth-order valence-corrected chi connectivity index (χ4v) is 2.98. The molecule has 0 amide bonds. The predicted molar refractivity (Wildman–Crippen MR) is 84.6 cm³/mol. The van der Waals surface area contributed by atoms with Crippen molar-refractivity contribution in [2.24, 2.45) is 0 Å². The molecular formula is C13H10Cl2N2O3S. The number of ketones is 1. The molecule has 2 rings (SSSR count). The van der Waals surface area contributed by atoms with Crippen LogP contribution in [0.3, 0.4) is 0 Å². The third-order valence-electron chi connectivity index (χ3n) is 2.54. The molecule has 1 heterocycles. The van der Waals surface area contributed by atoms with Gasteiger partial charge in [-0.2, -0.15) is 0 Å². The van der Waals surface area contributed by atoms with Crippen molar-refractivity contribution in [2.45, 2.75) is 5.75 Å². The average molecular weight is 345 g/mol. The standard InChI is InChI=1S/C13H10Cl2N2O3S/c14-7-1-2-9(10(15)3-7)11(18)6-21-5-8-4-12(19)17-13(20)16-8/h1-4H,5-6H2,(H2,16,17,19,20). The Kier molecular flexibility index (Phi) is 5.27. The number of nitrogens with one attached hydrogen (secondary N) is 2. The van der Waals surface area contributed by atoms with Gasteiger partial charge in [0.05, 0.1) is 10.8 Å². The summed E-state index contributed by atoms with van der Waals surface area (Å²) >= 11 is 13.0. The Balaban J connectivity index is 1.98. The zero-order valence-electron chi connectivity index (χ0n) is 10.6. The number of aromatic nitrogens is 2. The predicted octanol–water partition coefficient (Wildman–Crippen LogP) is 2.49. The van der Waals surface area contributed by atoms with Gasteiger partial charge in [-0.25, -0.2) is 4.79 Å². The summed E-state index contributed by atoms with van der Waals surface area (Å²) in [6.07, 6.45) is 0. The van der Waals surface area contributed by atoms with Crippen molar-refractivity contribution < 1.29 is 4.79 Å². The Morgan fingerprint density at radius 2 is 1.90 bits per heavy atom. The molecule has 21 heavy (non-hydrogen) atoms. The van der Waals surface area contributed by atoms with E-state index in [2.05, 4.69) is 9.97 Å². The van der Waals surface area contributed by atoms with Crippen LogP contribution in [0.4, 0.5) is 0 Å². The first kappa shape index (κ1) is 15.9. The molecule has 8 heteroatoms. The molecule has 0 aliphatic rings. The number of hydrogen-bond acceptors (Lipinski definition) is 4. The third-order valence-corrected chi connectivity index (χ3v) is 4.07. The summed E-state index contributed by atoms with van der Waals surface area (Å²) in [4.78, 5) is 38.8. The van der Waals surface area contributed by atoms with E-state index in [0.29, 0.717) is 27.1 Å². The van der Waals surface area contributed by atoms with Crippen LogP contribution in [0.2, 0.25) is 10.0 Å². The number of benzene rings is 1. The molecule has 5 nitrogen and oxygen atoms in total. The molecule has 0 unspecified atom stereocenters. The van der Waals surface area contributed by atoms with Crippen LogP contribution in [-0.4, -0.2) is 21.5 Å². The Morgan fingerprint density at radius 1 is 1.14 bits per heavy atom. The molecule has 0 aliphatic carbocycles. The van der Waals surface area contributed by atoms with Gasteiger partial charge >= 0.3 is 5.69 Å². The van der Waals surface area contributed by atoms with E-state index in [1.807, 2.05) is 0 Å². The Labute approximate surface area is 133 Å². The smallest absolute Gasteiger partial charge is 0.310 e. The van der Waals surface area contributed by atoms with E-state index in [1.54, 1.807) is 12.1 Å². The van der Waals surface area contributed by atoms with Crippen LogP contribution >= 0.6 is 35.0 Å². The van der Waals surface area contributed by atoms with E-state index in [4.69, 9.17) is 23.2 Å². The number of halogens is 2. The molecule has 0 bridgehead atoms. The van der Waals surface area contributed by atoms with E-state index in [9.17, 15) is 14.4 Å². The Morgan fingerprint density at radius 3 is 2.57 bits per heavy atom. The first-order valence-electron chi connectivity index (χ1n) is 5.84. The maximum atomic E-state index is 12.0. The summed E-state index contributed by atoms with van der Waals surface area (Å²) in [5, 5.41) is 0.767. The minimum atomic E-state index is -0.565. The van der Waals surface area contributed by atoms with Crippen molar-refractivity contribution in [3.63, 3.8) is 0 Å². The zero-order valence-corrected chi connectivity index (χ0v) is 12.9. The molecule has 0 saturated heterocycles. The van der Waals surface area contributed by atoms with E-state index in [1.165, 1.54) is 23.9 Å². The summed E-state index contributed by atoms with van der Waals surface area (Å²) in [6.45, 7) is 0. The second-order valence-corrected chi connectivity index (χ2v) is 5.98. The van der Waals surface area contributed by atoms with Crippen LogP contribution in [0.5, 0.6) is 0 Å². The Hall–Kier alpha value is -1.50. The minimum Gasteiger partial charge on any atom is -0.310 e. The first-order chi connectivity index (χ1) is 9.95. The van der Waals surface area contributed by atoms with Crippen molar-refractivity contribution in [3.05, 3.63) is 66.4 Å². The number of thioether (sulfide) groups is 1. The molecule has 0 atom stereocenters. The molecule has 1 aromatic carbocycles. The van der Waals surface area contributed by atoms with Crippen LogP contribution in [0.15, 0.2) is 33.9 Å². The van der Waals surface area contributed by atoms with Crippen molar-refractivity contribution in [3.8, 4) is 0 Å². The van der Waals surface area contributed by atoms with Crippen molar-refractivity contribution >= 4 is 40.7 Å². The van der Waals surface area contributed by atoms with E-state index >= 15 is 0 Å². The quantitative estimate of drug-likeness (QED) is 0.816.